The molecule has 0 fully saturated rings. The van der Waals surface area contributed by atoms with Gasteiger partial charge >= 0.3 is 0 Å². The molecule has 0 saturated heterocycles. The van der Waals surface area contributed by atoms with Crippen LogP contribution in [0.4, 0.5) is 11.6 Å². The van der Waals surface area contributed by atoms with E-state index in [1.165, 1.54) is 6.07 Å². The Bertz CT molecular complexity index is 1130. The van der Waals surface area contributed by atoms with Crippen LogP contribution in [0.15, 0.2) is 60.8 Å². The van der Waals surface area contributed by atoms with Crippen LogP contribution in [0.1, 0.15) is 11.9 Å². The van der Waals surface area contributed by atoms with Crippen molar-refractivity contribution in [2.24, 2.45) is 0 Å². The Balaban J connectivity index is 1.67. The van der Waals surface area contributed by atoms with Crippen LogP contribution < -0.4 is 5.32 Å². The maximum Gasteiger partial charge on any atom is 0.247 e. The van der Waals surface area contributed by atoms with Gasteiger partial charge in [-0.15, -0.1) is 5.10 Å². The van der Waals surface area contributed by atoms with Crippen molar-refractivity contribution in [3.63, 3.8) is 0 Å². The van der Waals surface area contributed by atoms with Crippen LogP contribution in [0, 0.1) is 0 Å². The highest BCUT2D eigenvalue weighted by Gasteiger charge is 2.10. The zero-order valence-corrected chi connectivity index (χ0v) is 14.7. The first-order valence-corrected chi connectivity index (χ1v) is 8.46. The van der Waals surface area contributed by atoms with Gasteiger partial charge in [-0.2, -0.15) is 4.98 Å². The molecule has 0 aliphatic rings. The van der Waals surface area contributed by atoms with Crippen LogP contribution in [-0.4, -0.2) is 29.9 Å². The van der Waals surface area contributed by atoms with E-state index < -0.39 is 6.29 Å². The van der Waals surface area contributed by atoms with Gasteiger partial charge in [0.2, 0.25) is 5.95 Å². The number of pyridine rings is 1. The lowest BCUT2D eigenvalue weighted by Crippen LogP contribution is -1.98. The molecule has 136 valence electrons. The summed E-state index contributed by atoms with van der Waals surface area (Å²) in [4.78, 5) is 4.39. The van der Waals surface area contributed by atoms with Crippen molar-refractivity contribution in [3.05, 3.63) is 71.4 Å². The van der Waals surface area contributed by atoms with Gasteiger partial charge in [-0.3, -0.25) is 0 Å². The molecule has 8 heteroatoms. The number of hydrogen-bond acceptors (Lipinski definition) is 6. The van der Waals surface area contributed by atoms with Crippen molar-refractivity contribution in [3.8, 4) is 16.9 Å². The van der Waals surface area contributed by atoms with Gasteiger partial charge in [0.25, 0.3) is 0 Å². The third kappa shape index (κ3) is 3.56. The fourth-order valence-corrected chi connectivity index (χ4v) is 2.96. The molecule has 0 radical (unpaired) electrons. The Labute approximate surface area is 159 Å². The van der Waals surface area contributed by atoms with Crippen molar-refractivity contribution in [1.82, 2.24) is 14.6 Å². The van der Waals surface area contributed by atoms with Crippen molar-refractivity contribution < 1.29 is 15.3 Å². The molecule has 2 aromatic heterocycles. The minimum atomic E-state index is -1.55. The molecule has 4 rings (SSSR count). The third-order valence-electron chi connectivity index (χ3n) is 4.03. The number of aromatic nitrogens is 3. The lowest BCUT2D eigenvalue weighted by molar-refractivity contribution is -0.0424. The first-order chi connectivity index (χ1) is 13.0. The second-order valence-electron chi connectivity index (χ2n) is 5.94. The SMILES string of the molecule is Oc1ccc(Cl)c(-c2ccc3nc(Nc4cccc(C(O)O)c4)nn3c2)c1. The second-order valence-corrected chi connectivity index (χ2v) is 6.35. The Morgan fingerprint density at radius 2 is 1.89 bits per heavy atom. The van der Waals surface area contributed by atoms with Gasteiger partial charge < -0.3 is 20.6 Å². The van der Waals surface area contributed by atoms with E-state index in [0.29, 0.717) is 33.4 Å². The van der Waals surface area contributed by atoms with E-state index in [9.17, 15) is 15.3 Å². The summed E-state index contributed by atoms with van der Waals surface area (Å²) in [5.74, 6) is 0.486. The predicted octanol–water partition coefficient (Wildman–Crippen LogP) is 3.48. The number of fused-ring (bicyclic) bond motifs is 1. The summed E-state index contributed by atoms with van der Waals surface area (Å²) in [6.07, 6.45) is 0.220. The standard InChI is InChI=1S/C19H15ClN4O3/c20-16-6-5-14(25)9-15(16)12-4-7-17-22-19(23-24(17)10-12)21-13-3-1-2-11(8-13)18(26)27/h1-10,18,25-27H,(H,21,23). The molecule has 0 bridgehead atoms. The average molecular weight is 383 g/mol. The topological polar surface area (TPSA) is 103 Å². The number of phenolic OH excluding ortho intramolecular Hbond substituents is 1. The van der Waals surface area contributed by atoms with E-state index in [0.717, 1.165) is 5.56 Å². The molecular weight excluding hydrogens is 368 g/mol. The molecule has 7 nitrogen and oxygen atoms in total. The number of rotatable bonds is 4. The van der Waals surface area contributed by atoms with Crippen LogP contribution in [0.3, 0.4) is 0 Å². The number of aromatic hydroxyl groups is 1. The number of nitrogens with one attached hydrogen (secondary N) is 1. The molecule has 0 aliphatic heterocycles. The van der Waals surface area contributed by atoms with Crippen LogP contribution in [0.2, 0.25) is 5.02 Å². The largest absolute Gasteiger partial charge is 0.508 e. The number of hydrogen-bond donors (Lipinski definition) is 4. The molecule has 27 heavy (non-hydrogen) atoms. The van der Waals surface area contributed by atoms with Crippen molar-refractivity contribution in [1.29, 1.82) is 0 Å². The van der Waals surface area contributed by atoms with Crippen molar-refractivity contribution in [2.45, 2.75) is 6.29 Å². The van der Waals surface area contributed by atoms with Gasteiger partial charge in [0.1, 0.15) is 5.75 Å². The molecular formula is C19H15ClN4O3. The fourth-order valence-electron chi connectivity index (χ4n) is 2.74. The van der Waals surface area contributed by atoms with E-state index in [4.69, 9.17) is 11.6 Å². The highest BCUT2D eigenvalue weighted by molar-refractivity contribution is 6.33. The number of halogens is 1. The molecule has 0 spiro atoms. The molecule has 0 amide bonds. The van der Waals surface area contributed by atoms with Crippen LogP contribution in [0.25, 0.3) is 16.8 Å². The number of benzene rings is 2. The number of nitrogens with zero attached hydrogens (tertiary/aromatic N) is 3. The lowest BCUT2D eigenvalue weighted by Gasteiger charge is -2.06. The quantitative estimate of drug-likeness (QED) is 0.403. The fraction of sp³-hybridized carbons (Fsp3) is 0.0526. The average Bonchev–Trinajstić information content (AvgIpc) is 3.05. The molecule has 0 unspecified atom stereocenters. The third-order valence-corrected chi connectivity index (χ3v) is 4.36. The summed E-state index contributed by atoms with van der Waals surface area (Å²) in [5, 5.41) is 36.2. The zero-order chi connectivity index (χ0) is 19.0. The Hall–Kier alpha value is -3.13. The Morgan fingerprint density at radius 3 is 2.70 bits per heavy atom. The second kappa shape index (κ2) is 6.88. The minimum absolute atomic E-state index is 0.126. The minimum Gasteiger partial charge on any atom is -0.508 e. The zero-order valence-electron chi connectivity index (χ0n) is 13.9. The first kappa shape index (κ1) is 17.3. The van der Waals surface area contributed by atoms with Gasteiger partial charge in [0, 0.05) is 33.6 Å². The monoisotopic (exact) mass is 382 g/mol. The molecule has 0 aliphatic carbocycles. The van der Waals surface area contributed by atoms with Gasteiger partial charge in [-0.1, -0.05) is 23.7 Å². The number of anilines is 2. The number of phenols is 1. The lowest BCUT2D eigenvalue weighted by atomic mass is 10.1. The Kier molecular flexibility index (Phi) is 4.41. The van der Waals surface area contributed by atoms with Crippen LogP contribution in [-0.2, 0) is 0 Å². The predicted molar refractivity (Wildman–Crippen MR) is 102 cm³/mol. The van der Waals surface area contributed by atoms with Crippen LogP contribution in [0.5, 0.6) is 5.75 Å². The van der Waals surface area contributed by atoms with Gasteiger partial charge in [-0.25, -0.2) is 4.52 Å². The van der Waals surface area contributed by atoms with E-state index in [-0.39, 0.29) is 5.75 Å². The first-order valence-electron chi connectivity index (χ1n) is 8.08. The van der Waals surface area contributed by atoms with Gasteiger partial charge in [0.15, 0.2) is 11.9 Å². The van der Waals surface area contributed by atoms with Gasteiger partial charge in [-0.05, 0) is 42.5 Å². The highest BCUT2D eigenvalue weighted by Crippen LogP contribution is 2.31. The molecule has 0 saturated carbocycles. The van der Waals surface area contributed by atoms with Crippen LogP contribution >= 0.6 is 11.6 Å². The summed E-state index contributed by atoms with van der Waals surface area (Å²) < 4.78 is 1.60. The summed E-state index contributed by atoms with van der Waals surface area (Å²) in [5.41, 5.74) is 3.09. The number of aliphatic hydroxyl groups is 2. The summed E-state index contributed by atoms with van der Waals surface area (Å²) in [7, 11) is 0. The summed E-state index contributed by atoms with van der Waals surface area (Å²) in [6, 6.07) is 15.1. The number of aliphatic hydroxyl groups excluding tert-OH is 1. The Morgan fingerprint density at radius 1 is 1.04 bits per heavy atom. The van der Waals surface area contributed by atoms with Crippen molar-refractivity contribution in [2.75, 3.05) is 5.32 Å². The smallest absolute Gasteiger partial charge is 0.247 e. The highest BCUT2D eigenvalue weighted by atomic mass is 35.5. The van der Waals surface area contributed by atoms with Gasteiger partial charge in [0.05, 0.1) is 0 Å². The molecule has 0 atom stereocenters. The molecule has 2 aromatic carbocycles. The molecule has 2 heterocycles. The maximum atomic E-state index is 9.70. The van der Waals surface area contributed by atoms with E-state index >= 15 is 0 Å². The normalized spacial score (nSPS) is 11.3. The maximum absolute atomic E-state index is 9.70. The van der Waals surface area contributed by atoms with E-state index in [2.05, 4.69) is 15.4 Å². The summed E-state index contributed by atoms with van der Waals surface area (Å²) >= 11 is 6.23. The summed E-state index contributed by atoms with van der Waals surface area (Å²) in [6.45, 7) is 0. The van der Waals surface area contributed by atoms with Crippen molar-refractivity contribution >= 4 is 28.9 Å². The molecule has 4 aromatic rings. The van der Waals surface area contributed by atoms with E-state index in [1.54, 1.807) is 53.2 Å². The van der Waals surface area contributed by atoms with E-state index in [1.807, 2.05) is 6.07 Å². The molecule has 4 N–H and O–H groups in total.